The third kappa shape index (κ3) is 1.85. The molecule has 0 spiro atoms. The van der Waals surface area contributed by atoms with Gasteiger partial charge in [-0.2, -0.15) is 11.8 Å². The molecular formula is C6H14N2S. The molecule has 0 radical (unpaired) electrons. The van der Waals surface area contributed by atoms with Gasteiger partial charge in [0.2, 0.25) is 0 Å². The van der Waals surface area contributed by atoms with Crippen LogP contribution < -0.4 is 11.1 Å². The van der Waals surface area contributed by atoms with Crippen LogP contribution >= 0.6 is 11.8 Å². The minimum absolute atomic E-state index is 0.262. The number of hydrogen-bond donors (Lipinski definition) is 2. The van der Waals surface area contributed by atoms with Gasteiger partial charge in [0.05, 0.1) is 6.17 Å². The largest absolute Gasteiger partial charge is 0.316 e. The van der Waals surface area contributed by atoms with Gasteiger partial charge < -0.3 is 11.1 Å². The zero-order valence-corrected chi connectivity index (χ0v) is 6.58. The van der Waals surface area contributed by atoms with Crippen LogP contribution in [-0.2, 0) is 0 Å². The van der Waals surface area contributed by atoms with Gasteiger partial charge in [0.15, 0.2) is 0 Å². The van der Waals surface area contributed by atoms with E-state index in [1.165, 1.54) is 12.2 Å². The number of nitrogens with one attached hydrogen (secondary N) is 1. The first-order valence-electron chi connectivity index (χ1n) is 3.32. The molecule has 1 fully saturated rings. The quantitative estimate of drug-likeness (QED) is 0.586. The maximum absolute atomic E-state index is 5.74. The zero-order valence-electron chi connectivity index (χ0n) is 5.76. The Hall–Kier alpha value is 0.270. The molecule has 54 valence electrons. The fourth-order valence-electron chi connectivity index (χ4n) is 1.18. The summed E-state index contributed by atoms with van der Waals surface area (Å²) in [5, 5.41) is 3.22. The summed E-state index contributed by atoms with van der Waals surface area (Å²) in [4.78, 5) is 0. The second kappa shape index (κ2) is 3.44. The van der Waals surface area contributed by atoms with Crippen molar-refractivity contribution in [3.05, 3.63) is 0 Å². The van der Waals surface area contributed by atoms with Crippen molar-refractivity contribution in [2.24, 2.45) is 11.7 Å². The minimum atomic E-state index is 0.262. The second-order valence-electron chi connectivity index (χ2n) is 2.48. The first kappa shape index (κ1) is 7.38. The van der Waals surface area contributed by atoms with Crippen molar-refractivity contribution in [2.75, 3.05) is 18.6 Å². The first-order valence-corrected chi connectivity index (χ1v) is 4.72. The highest BCUT2D eigenvalue weighted by Gasteiger charge is 2.21. The molecule has 1 heterocycles. The maximum Gasteiger partial charge on any atom is 0.0583 e. The summed E-state index contributed by atoms with van der Waals surface area (Å²) >= 11 is 1.88. The molecule has 1 saturated heterocycles. The Morgan fingerprint density at radius 1 is 1.78 bits per heavy atom. The molecular weight excluding hydrogens is 132 g/mol. The summed E-state index contributed by atoms with van der Waals surface area (Å²) in [6, 6.07) is 0. The average molecular weight is 146 g/mol. The molecule has 0 aliphatic carbocycles. The van der Waals surface area contributed by atoms with Crippen LogP contribution in [-0.4, -0.2) is 24.7 Å². The van der Waals surface area contributed by atoms with Crippen LogP contribution in [0, 0.1) is 5.92 Å². The van der Waals surface area contributed by atoms with Gasteiger partial charge in [-0.05, 0) is 30.9 Å². The lowest BCUT2D eigenvalue weighted by Crippen LogP contribution is -2.36. The van der Waals surface area contributed by atoms with Gasteiger partial charge in [0.25, 0.3) is 0 Å². The summed E-state index contributed by atoms with van der Waals surface area (Å²) in [5.74, 6) is 1.91. The van der Waals surface area contributed by atoms with Gasteiger partial charge in [-0.15, -0.1) is 0 Å². The van der Waals surface area contributed by atoms with Crippen LogP contribution in [0.4, 0.5) is 0 Å². The zero-order chi connectivity index (χ0) is 6.69. The second-order valence-corrected chi connectivity index (χ2v) is 3.39. The van der Waals surface area contributed by atoms with Crippen molar-refractivity contribution >= 4 is 11.8 Å². The van der Waals surface area contributed by atoms with Crippen LogP contribution in [0.1, 0.15) is 6.42 Å². The highest BCUT2D eigenvalue weighted by Crippen LogP contribution is 2.15. The predicted molar refractivity (Wildman–Crippen MR) is 42.5 cm³/mol. The summed E-state index contributed by atoms with van der Waals surface area (Å²) < 4.78 is 0. The highest BCUT2D eigenvalue weighted by molar-refractivity contribution is 7.98. The summed E-state index contributed by atoms with van der Waals surface area (Å²) in [5.41, 5.74) is 5.74. The minimum Gasteiger partial charge on any atom is -0.316 e. The molecule has 1 rings (SSSR count). The Morgan fingerprint density at radius 3 is 3.00 bits per heavy atom. The monoisotopic (exact) mass is 146 g/mol. The van der Waals surface area contributed by atoms with E-state index in [1.807, 2.05) is 11.8 Å². The molecule has 0 aromatic rings. The van der Waals surface area contributed by atoms with E-state index in [1.54, 1.807) is 0 Å². The van der Waals surface area contributed by atoms with Crippen LogP contribution in [0.2, 0.25) is 0 Å². The normalized spacial score (nSPS) is 35.3. The molecule has 2 nitrogen and oxygen atoms in total. The molecule has 0 saturated carbocycles. The number of rotatable bonds is 2. The smallest absolute Gasteiger partial charge is 0.0583 e. The molecule has 0 bridgehead atoms. The highest BCUT2D eigenvalue weighted by atomic mass is 32.2. The van der Waals surface area contributed by atoms with Crippen molar-refractivity contribution in [1.82, 2.24) is 5.32 Å². The lowest BCUT2D eigenvalue weighted by atomic mass is 10.1. The maximum atomic E-state index is 5.74. The van der Waals surface area contributed by atoms with Crippen LogP contribution in [0.3, 0.4) is 0 Å². The molecule has 1 aliphatic heterocycles. The Morgan fingerprint density at radius 2 is 2.56 bits per heavy atom. The molecule has 9 heavy (non-hydrogen) atoms. The lowest BCUT2D eigenvalue weighted by molar-refractivity contribution is 0.506. The molecule has 3 N–H and O–H groups in total. The molecule has 1 aliphatic rings. The topological polar surface area (TPSA) is 38.0 Å². The van der Waals surface area contributed by atoms with E-state index in [0.717, 1.165) is 6.54 Å². The lowest BCUT2D eigenvalue weighted by Gasteiger charge is -2.12. The SMILES string of the molecule is CSCC1CCNC1N. The first-order chi connectivity index (χ1) is 4.34. The molecule has 2 atom stereocenters. The van der Waals surface area contributed by atoms with Crippen molar-refractivity contribution in [1.29, 1.82) is 0 Å². The molecule has 0 aromatic carbocycles. The predicted octanol–water partition coefficient (Wildman–Crippen LogP) is 0.244. The number of hydrogen-bond acceptors (Lipinski definition) is 3. The van der Waals surface area contributed by atoms with Gasteiger partial charge in [-0.1, -0.05) is 0 Å². The molecule has 0 aromatic heterocycles. The molecule has 3 heteroatoms. The van der Waals surface area contributed by atoms with Gasteiger partial charge in [-0.3, -0.25) is 0 Å². The number of nitrogens with two attached hydrogens (primary N) is 1. The molecule has 2 unspecified atom stereocenters. The van der Waals surface area contributed by atoms with E-state index in [2.05, 4.69) is 11.6 Å². The molecule has 0 amide bonds. The van der Waals surface area contributed by atoms with Gasteiger partial charge in [0, 0.05) is 0 Å². The van der Waals surface area contributed by atoms with Gasteiger partial charge in [-0.25, -0.2) is 0 Å². The van der Waals surface area contributed by atoms with Crippen molar-refractivity contribution in [3.8, 4) is 0 Å². The standard InChI is InChI=1S/C6H14N2S/c1-9-4-5-2-3-8-6(5)7/h5-6,8H,2-4,7H2,1H3. The van der Waals surface area contributed by atoms with Crippen LogP contribution in [0.25, 0.3) is 0 Å². The van der Waals surface area contributed by atoms with Crippen LogP contribution in [0.15, 0.2) is 0 Å². The van der Waals surface area contributed by atoms with E-state index in [-0.39, 0.29) is 6.17 Å². The summed E-state index contributed by atoms with van der Waals surface area (Å²) in [6.45, 7) is 1.10. The van der Waals surface area contributed by atoms with E-state index < -0.39 is 0 Å². The van der Waals surface area contributed by atoms with E-state index in [0.29, 0.717) is 5.92 Å². The average Bonchev–Trinajstić information content (AvgIpc) is 2.18. The Kier molecular flexibility index (Phi) is 2.82. The van der Waals surface area contributed by atoms with Crippen molar-refractivity contribution < 1.29 is 0 Å². The Bertz CT molecular complexity index is 87.1. The summed E-state index contributed by atoms with van der Waals surface area (Å²) in [6.07, 6.45) is 3.64. The van der Waals surface area contributed by atoms with Gasteiger partial charge >= 0.3 is 0 Å². The van der Waals surface area contributed by atoms with E-state index in [9.17, 15) is 0 Å². The van der Waals surface area contributed by atoms with E-state index in [4.69, 9.17) is 5.73 Å². The van der Waals surface area contributed by atoms with E-state index >= 15 is 0 Å². The Balaban J connectivity index is 2.22. The van der Waals surface area contributed by atoms with Crippen molar-refractivity contribution in [2.45, 2.75) is 12.6 Å². The van der Waals surface area contributed by atoms with Crippen molar-refractivity contribution in [3.63, 3.8) is 0 Å². The van der Waals surface area contributed by atoms with Gasteiger partial charge in [0.1, 0.15) is 0 Å². The fraction of sp³-hybridized carbons (Fsp3) is 1.00. The Labute approximate surface area is 60.6 Å². The van der Waals surface area contributed by atoms with Crippen LogP contribution in [0.5, 0.6) is 0 Å². The third-order valence-corrected chi connectivity index (χ3v) is 2.55. The third-order valence-electron chi connectivity index (χ3n) is 1.78. The summed E-state index contributed by atoms with van der Waals surface area (Å²) in [7, 11) is 0. The fourth-order valence-corrected chi connectivity index (χ4v) is 1.98. The number of thioether (sulfide) groups is 1.